The van der Waals surface area contributed by atoms with Gasteiger partial charge in [-0.15, -0.1) is 0 Å². The fourth-order valence-electron chi connectivity index (χ4n) is 1.33. The third kappa shape index (κ3) is 3.17. The summed E-state index contributed by atoms with van der Waals surface area (Å²) in [6.07, 6.45) is 3.07. The van der Waals surface area contributed by atoms with Gasteiger partial charge >= 0.3 is 0 Å². The van der Waals surface area contributed by atoms with Gasteiger partial charge < -0.3 is 4.74 Å². The lowest BCUT2D eigenvalue weighted by atomic mass is 10.2. The van der Waals surface area contributed by atoms with Crippen molar-refractivity contribution in [3.8, 4) is 11.5 Å². The van der Waals surface area contributed by atoms with E-state index in [1.807, 2.05) is 0 Å². The molecule has 17 heavy (non-hydrogen) atoms. The first-order valence-corrected chi connectivity index (χ1v) is 6.32. The van der Waals surface area contributed by atoms with Crippen LogP contribution in [0.5, 0.6) is 11.5 Å². The van der Waals surface area contributed by atoms with Gasteiger partial charge in [0.2, 0.25) is 0 Å². The largest absolute Gasteiger partial charge is 0.455 e. The maximum atomic E-state index is 13.0. The summed E-state index contributed by atoms with van der Waals surface area (Å²) >= 11 is 9.08. The molecule has 0 aliphatic rings. The molecule has 5 heteroatoms. The molecule has 0 radical (unpaired) electrons. The number of nitrogens with zero attached hydrogens (tertiary/aromatic N) is 1. The van der Waals surface area contributed by atoms with Crippen LogP contribution >= 0.6 is 27.5 Å². The Kier molecular flexibility index (Phi) is 3.97. The van der Waals surface area contributed by atoms with Crippen LogP contribution in [0.3, 0.4) is 0 Å². The molecule has 0 atom stereocenters. The minimum atomic E-state index is -0.295. The first-order valence-electron chi connectivity index (χ1n) is 4.82. The van der Waals surface area contributed by atoms with E-state index in [-0.39, 0.29) is 5.82 Å². The normalized spacial score (nSPS) is 10.3. The average molecular weight is 317 g/mol. The minimum absolute atomic E-state index is 0.295. The van der Waals surface area contributed by atoms with Crippen molar-refractivity contribution < 1.29 is 9.13 Å². The van der Waals surface area contributed by atoms with Crippen LogP contribution in [0.25, 0.3) is 0 Å². The molecule has 0 fully saturated rings. The maximum Gasteiger partial charge on any atom is 0.147 e. The molecule has 88 valence electrons. The number of rotatable bonds is 3. The van der Waals surface area contributed by atoms with Crippen molar-refractivity contribution in [2.45, 2.75) is 5.33 Å². The average Bonchev–Trinajstić information content (AvgIpc) is 2.31. The SMILES string of the molecule is Fc1ccc(Oc2cncc(Cl)c2)c(CBr)c1. The third-order valence-electron chi connectivity index (χ3n) is 2.07. The molecule has 0 aliphatic heterocycles. The van der Waals surface area contributed by atoms with Gasteiger partial charge in [-0.3, -0.25) is 4.98 Å². The molecule has 1 aromatic heterocycles. The van der Waals surface area contributed by atoms with Gasteiger partial charge in [-0.1, -0.05) is 27.5 Å². The Balaban J connectivity index is 2.29. The van der Waals surface area contributed by atoms with Crippen LogP contribution in [-0.4, -0.2) is 4.98 Å². The molecule has 2 aromatic rings. The zero-order valence-corrected chi connectivity index (χ0v) is 11.0. The van der Waals surface area contributed by atoms with Crippen LogP contribution in [0.15, 0.2) is 36.7 Å². The van der Waals surface area contributed by atoms with Crippen LogP contribution in [0, 0.1) is 5.82 Å². The quantitative estimate of drug-likeness (QED) is 0.774. The van der Waals surface area contributed by atoms with Gasteiger partial charge in [-0.2, -0.15) is 0 Å². The van der Waals surface area contributed by atoms with Crippen LogP contribution in [0.2, 0.25) is 5.02 Å². The maximum absolute atomic E-state index is 13.0. The Labute approximate surface area is 112 Å². The van der Waals surface area contributed by atoms with E-state index in [4.69, 9.17) is 16.3 Å². The molecule has 0 amide bonds. The van der Waals surface area contributed by atoms with Crippen molar-refractivity contribution in [3.05, 3.63) is 53.1 Å². The molecule has 0 spiro atoms. The van der Waals surface area contributed by atoms with Crippen LogP contribution in [0.1, 0.15) is 5.56 Å². The molecule has 2 nitrogen and oxygen atoms in total. The number of hydrogen-bond acceptors (Lipinski definition) is 2. The second kappa shape index (κ2) is 5.47. The third-order valence-corrected chi connectivity index (χ3v) is 2.88. The lowest BCUT2D eigenvalue weighted by Crippen LogP contribution is -1.91. The van der Waals surface area contributed by atoms with E-state index >= 15 is 0 Å². The van der Waals surface area contributed by atoms with Gasteiger partial charge in [0.15, 0.2) is 0 Å². The summed E-state index contributed by atoms with van der Waals surface area (Å²) in [7, 11) is 0. The van der Waals surface area contributed by atoms with Gasteiger partial charge in [0.25, 0.3) is 0 Å². The fraction of sp³-hybridized carbons (Fsp3) is 0.0833. The van der Waals surface area contributed by atoms with E-state index in [1.54, 1.807) is 18.3 Å². The highest BCUT2D eigenvalue weighted by Gasteiger charge is 2.06. The smallest absolute Gasteiger partial charge is 0.147 e. The molecule has 0 N–H and O–H groups in total. The molecular weight excluding hydrogens is 308 g/mol. The summed E-state index contributed by atoms with van der Waals surface area (Å²) < 4.78 is 18.6. The lowest BCUT2D eigenvalue weighted by Gasteiger charge is -2.09. The molecule has 2 rings (SSSR count). The Hall–Kier alpha value is -1.13. The van der Waals surface area contributed by atoms with E-state index in [1.165, 1.54) is 18.3 Å². The minimum Gasteiger partial charge on any atom is -0.455 e. The highest BCUT2D eigenvalue weighted by molar-refractivity contribution is 9.08. The first-order chi connectivity index (χ1) is 8.19. The Morgan fingerprint density at radius 3 is 2.82 bits per heavy atom. The number of halogens is 3. The molecule has 0 bridgehead atoms. The van der Waals surface area contributed by atoms with Crippen molar-refractivity contribution in [2.75, 3.05) is 0 Å². The van der Waals surface area contributed by atoms with E-state index in [2.05, 4.69) is 20.9 Å². The summed E-state index contributed by atoms with van der Waals surface area (Å²) in [6, 6.07) is 5.99. The Bertz CT molecular complexity index is 536. The predicted octanol–water partition coefficient (Wildman–Crippen LogP) is 4.56. The Morgan fingerprint density at radius 1 is 1.29 bits per heavy atom. The van der Waals surface area contributed by atoms with Crippen molar-refractivity contribution in [1.82, 2.24) is 4.98 Å². The molecule has 0 saturated heterocycles. The molecule has 1 aromatic carbocycles. The Morgan fingerprint density at radius 2 is 2.12 bits per heavy atom. The number of pyridine rings is 1. The van der Waals surface area contributed by atoms with Gasteiger partial charge in [-0.05, 0) is 18.2 Å². The highest BCUT2D eigenvalue weighted by atomic mass is 79.9. The molecular formula is C12H8BrClFNO. The van der Waals surface area contributed by atoms with Crippen LogP contribution < -0.4 is 4.74 Å². The topological polar surface area (TPSA) is 22.1 Å². The van der Waals surface area contributed by atoms with Crippen molar-refractivity contribution in [3.63, 3.8) is 0 Å². The summed E-state index contributed by atoms with van der Waals surface area (Å²) in [6.45, 7) is 0. The van der Waals surface area contributed by atoms with E-state index in [9.17, 15) is 4.39 Å². The van der Waals surface area contributed by atoms with E-state index < -0.39 is 0 Å². The number of aromatic nitrogens is 1. The summed E-state index contributed by atoms with van der Waals surface area (Å²) in [5.74, 6) is 0.801. The molecule has 1 heterocycles. The molecule has 0 saturated carbocycles. The number of hydrogen-bond donors (Lipinski definition) is 0. The van der Waals surface area contributed by atoms with Crippen LogP contribution in [0.4, 0.5) is 4.39 Å². The van der Waals surface area contributed by atoms with Gasteiger partial charge in [0.1, 0.15) is 17.3 Å². The lowest BCUT2D eigenvalue weighted by molar-refractivity contribution is 0.474. The summed E-state index contributed by atoms with van der Waals surface area (Å²) in [4.78, 5) is 3.91. The second-order valence-corrected chi connectivity index (χ2v) is 4.32. The number of benzene rings is 1. The van der Waals surface area contributed by atoms with Crippen LogP contribution in [-0.2, 0) is 5.33 Å². The number of alkyl halides is 1. The van der Waals surface area contributed by atoms with Crippen molar-refractivity contribution >= 4 is 27.5 Å². The van der Waals surface area contributed by atoms with E-state index in [0.717, 1.165) is 5.56 Å². The van der Waals surface area contributed by atoms with Crippen molar-refractivity contribution in [1.29, 1.82) is 0 Å². The monoisotopic (exact) mass is 315 g/mol. The van der Waals surface area contributed by atoms with Crippen molar-refractivity contribution in [2.24, 2.45) is 0 Å². The summed E-state index contributed by atoms with van der Waals surface area (Å²) in [5, 5.41) is 0.999. The highest BCUT2D eigenvalue weighted by Crippen LogP contribution is 2.28. The zero-order chi connectivity index (χ0) is 12.3. The predicted molar refractivity (Wildman–Crippen MR) is 68.4 cm³/mol. The van der Waals surface area contributed by atoms with Gasteiger partial charge in [0.05, 0.1) is 11.2 Å². The molecule has 0 unspecified atom stereocenters. The van der Waals surface area contributed by atoms with Gasteiger partial charge in [-0.25, -0.2) is 4.39 Å². The van der Waals surface area contributed by atoms with E-state index in [0.29, 0.717) is 21.9 Å². The number of ether oxygens (including phenoxy) is 1. The first kappa shape index (κ1) is 12.3. The molecule has 0 aliphatic carbocycles. The van der Waals surface area contributed by atoms with Gasteiger partial charge in [0, 0.05) is 23.2 Å². The fourth-order valence-corrected chi connectivity index (χ4v) is 1.93. The second-order valence-electron chi connectivity index (χ2n) is 3.33. The standard InChI is InChI=1S/C12H8BrClFNO/c13-5-8-3-10(15)1-2-12(8)17-11-4-9(14)6-16-7-11/h1-4,6-7H,5H2. The zero-order valence-electron chi connectivity index (χ0n) is 8.66. The summed E-state index contributed by atoms with van der Waals surface area (Å²) in [5.41, 5.74) is 0.727.